The fraction of sp³-hybridized carbons (Fsp3) is 0.273. The number of hydrogen-bond acceptors (Lipinski definition) is 3. The van der Waals surface area contributed by atoms with Crippen LogP contribution in [0.2, 0.25) is 5.02 Å². The van der Waals surface area contributed by atoms with Gasteiger partial charge in [-0.1, -0.05) is 11.6 Å². The highest BCUT2D eigenvalue weighted by atomic mass is 35.5. The number of fused-ring (bicyclic) bond motifs is 1. The SMILES string of the molecule is CC(N)=O.O=C1CCNc2c1ccc(Cl)c2F. The van der Waals surface area contributed by atoms with Crippen LogP contribution >= 0.6 is 11.6 Å². The van der Waals surface area contributed by atoms with E-state index in [1.54, 1.807) is 6.07 Å². The number of rotatable bonds is 0. The molecule has 3 N–H and O–H groups in total. The molecule has 0 atom stereocenters. The molecule has 1 aromatic rings. The minimum Gasteiger partial charge on any atom is -0.382 e. The van der Waals surface area contributed by atoms with Gasteiger partial charge in [-0.25, -0.2) is 4.39 Å². The highest BCUT2D eigenvalue weighted by molar-refractivity contribution is 6.31. The maximum absolute atomic E-state index is 13.3. The summed E-state index contributed by atoms with van der Waals surface area (Å²) in [6.45, 7) is 1.78. The third-order valence-corrected chi connectivity index (χ3v) is 2.34. The van der Waals surface area contributed by atoms with E-state index in [1.165, 1.54) is 13.0 Å². The van der Waals surface area contributed by atoms with Gasteiger partial charge in [-0.05, 0) is 12.1 Å². The second-order valence-electron chi connectivity index (χ2n) is 3.49. The zero-order valence-corrected chi connectivity index (χ0v) is 9.97. The summed E-state index contributed by atoms with van der Waals surface area (Å²) >= 11 is 5.57. The molecule has 0 aliphatic carbocycles. The van der Waals surface area contributed by atoms with Crippen LogP contribution in [0.1, 0.15) is 23.7 Å². The van der Waals surface area contributed by atoms with E-state index < -0.39 is 5.82 Å². The van der Waals surface area contributed by atoms with Crippen LogP contribution in [0.5, 0.6) is 0 Å². The predicted octanol–water partition coefficient (Wildman–Crippen LogP) is 1.97. The first-order valence-electron chi connectivity index (χ1n) is 4.94. The number of primary amides is 1. The van der Waals surface area contributed by atoms with Crippen molar-refractivity contribution in [2.75, 3.05) is 11.9 Å². The van der Waals surface area contributed by atoms with Crippen molar-refractivity contribution < 1.29 is 14.0 Å². The van der Waals surface area contributed by atoms with Gasteiger partial charge >= 0.3 is 0 Å². The number of benzene rings is 1. The number of halogens is 2. The number of carbonyl (C=O) groups is 2. The number of Topliss-reactive ketones (excluding diaryl/α,β-unsaturated/α-hetero) is 1. The Kier molecular flexibility index (Phi) is 4.45. The molecule has 0 aromatic heterocycles. The van der Waals surface area contributed by atoms with Crippen LogP contribution in [0.3, 0.4) is 0 Å². The van der Waals surface area contributed by atoms with Gasteiger partial charge in [0.05, 0.1) is 10.7 Å². The number of nitrogens with one attached hydrogen (secondary N) is 1. The molecular formula is C11H12ClFN2O2. The molecule has 1 heterocycles. The Morgan fingerprint density at radius 1 is 1.53 bits per heavy atom. The van der Waals surface area contributed by atoms with E-state index in [2.05, 4.69) is 11.1 Å². The van der Waals surface area contributed by atoms with E-state index in [-0.39, 0.29) is 22.4 Å². The molecule has 1 aromatic carbocycles. The van der Waals surface area contributed by atoms with E-state index in [4.69, 9.17) is 11.6 Å². The van der Waals surface area contributed by atoms with Crippen molar-refractivity contribution in [3.8, 4) is 0 Å². The Morgan fingerprint density at radius 3 is 2.71 bits per heavy atom. The highest BCUT2D eigenvalue weighted by Crippen LogP contribution is 2.29. The lowest BCUT2D eigenvalue weighted by Gasteiger charge is -2.17. The van der Waals surface area contributed by atoms with Gasteiger partial charge in [0.25, 0.3) is 0 Å². The van der Waals surface area contributed by atoms with Gasteiger partial charge in [0.15, 0.2) is 11.6 Å². The maximum Gasteiger partial charge on any atom is 0.214 e. The molecule has 0 spiro atoms. The van der Waals surface area contributed by atoms with E-state index >= 15 is 0 Å². The first kappa shape index (κ1) is 13.4. The lowest BCUT2D eigenvalue weighted by Crippen LogP contribution is -2.19. The van der Waals surface area contributed by atoms with E-state index in [1.807, 2.05) is 0 Å². The van der Waals surface area contributed by atoms with Crippen LogP contribution in [-0.2, 0) is 4.79 Å². The number of amides is 1. The molecule has 6 heteroatoms. The Labute approximate surface area is 103 Å². The average molecular weight is 259 g/mol. The van der Waals surface area contributed by atoms with Gasteiger partial charge in [-0.3, -0.25) is 9.59 Å². The average Bonchev–Trinajstić information content (AvgIpc) is 2.23. The number of anilines is 1. The molecule has 0 bridgehead atoms. The van der Waals surface area contributed by atoms with Crippen molar-refractivity contribution in [1.82, 2.24) is 0 Å². The zero-order valence-electron chi connectivity index (χ0n) is 9.22. The maximum atomic E-state index is 13.3. The van der Waals surface area contributed by atoms with Crippen molar-refractivity contribution in [1.29, 1.82) is 0 Å². The predicted molar refractivity (Wildman–Crippen MR) is 63.7 cm³/mol. The number of nitrogens with two attached hydrogens (primary N) is 1. The topological polar surface area (TPSA) is 72.2 Å². The summed E-state index contributed by atoms with van der Waals surface area (Å²) in [5.41, 5.74) is 5.11. The van der Waals surface area contributed by atoms with Crippen LogP contribution in [-0.4, -0.2) is 18.2 Å². The second-order valence-corrected chi connectivity index (χ2v) is 3.90. The van der Waals surface area contributed by atoms with Crippen molar-refractivity contribution in [3.05, 3.63) is 28.5 Å². The molecule has 17 heavy (non-hydrogen) atoms. The summed E-state index contributed by atoms with van der Waals surface area (Å²) in [5, 5.41) is 2.86. The molecule has 1 amide bonds. The van der Waals surface area contributed by atoms with Gasteiger partial charge in [0.2, 0.25) is 5.91 Å². The molecule has 4 nitrogen and oxygen atoms in total. The quantitative estimate of drug-likeness (QED) is 0.747. The van der Waals surface area contributed by atoms with Crippen LogP contribution in [0.25, 0.3) is 0 Å². The van der Waals surface area contributed by atoms with Gasteiger partial charge in [0, 0.05) is 25.5 Å². The molecule has 0 unspecified atom stereocenters. The molecule has 0 saturated heterocycles. The zero-order chi connectivity index (χ0) is 13.0. The lowest BCUT2D eigenvalue weighted by atomic mass is 10.0. The fourth-order valence-electron chi connectivity index (χ4n) is 1.39. The minimum atomic E-state index is -0.535. The third kappa shape index (κ3) is 3.42. The van der Waals surface area contributed by atoms with Crippen molar-refractivity contribution >= 4 is 29.0 Å². The van der Waals surface area contributed by atoms with E-state index in [9.17, 15) is 14.0 Å². The molecule has 2 rings (SSSR count). The third-order valence-electron chi connectivity index (χ3n) is 2.05. The van der Waals surface area contributed by atoms with Crippen LogP contribution in [0, 0.1) is 5.82 Å². The molecule has 92 valence electrons. The number of hydrogen-bond donors (Lipinski definition) is 2. The first-order chi connectivity index (χ1) is 7.93. The summed E-state index contributed by atoms with van der Waals surface area (Å²) in [6.07, 6.45) is 0.411. The summed E-state index contributed by atoms with van der Waals surface area (Å²) in [4.78, 5) is 20.5. The first-order valence-corrected chi connectivity index (χ1v) is 5.32. The van der Waals surface area contributed by atoms with Crippen LogP contribution in [0.4, 0.5) is 10.1 Å². The second kappa shape index (κ2) is 5.63. The Balaban J connectivity index is 0.000000317. The monoisotopic (exact) mass is 258 g/mol. The Bertz CT molecular complexity index is 459. The number of carbonyl (C=O) groups excluding carboxylic acids is 2. The summed E-state index contributed by atoms with van der Waals surface area (Å²) < 4.78 is 13.3. The van der Waals surface area contributed by atoms with Gasteiger partial charge in [-0.15, -0.1) is 0 Å². The normalized spacial score (nSPS) is 13.0. The smallest absolute Gasteiger partial charge is 0.214 e. The molecule has 1 aliphatic rings. The molecule has 0 saturated carbocycles. The summed E-state index contributed by atoms with van der Waals surface area (Å²) in [6, 6.07) is 2.95. The number of ketones is 1. The fourth-order valence-corrected chi connectivity index (χ4v) is 1.55. The summed E-state index contributed by atoms with van der Waals surface area (Å²) in [5.74, 6) is -0.906. The Morgan fingerprint density at radius 2 is 2.12 bits per heavy atom. The Hall–Kier alpha value is -1.62. The lowest BCUT2D eigenvalue weighted by molar-refractivity contribution is -0.115. The van der Waals surface area contributed by atoms with Crippen LogP contribution in [0.15, 0.2) is 12.1 Å². The van der Waals surface area contributed by atoms with Gasteiger partial charge in [-0.2, -0.15) is 0 Å². The summed E-state index contributed by atoms with van der Waals surface area (Å²) in [7, 11) is 0. The molecule has 0 fully saturated rings. The van der Waals surface area contributed by atoms with E-state index in [0.29, 0.717) is 18.5 Å². The molecule has 1 aliphatic heterocycles. The van der Waals surface area contributed by atoms with Gasteiger partial charge < -0.3 is 11.1 Å². The van der Waals surface area contributed by atoms with Gasteiger partial charge in [0.1, 0.15) is 0 Å². The van der Waals surface area contributed by atoms with Crippen molar-refractivity contribution in [3.63, 3.8) is 0 Å². The highest BCUT2D eigenvalue weighted by Gasteiger charge is 2.21. The largest absolute Gasteiger partial charge is 0.382 e. The standard InChI is InChI=1S/C9H7ClFNO.C2H5NO/c10-6-2-1-5-7(13)3-4-12-9(5)8(6)11;1-2(3)4/h1-2,12H,3-4H2;1H3,(H2,3,4). The van der Waals surface area contributed by atoms with Crippen LogP contribution < -0.4 is 11.1 Å². The van der Waals surface area contributed by atoms with Crippen molar-refractivity contribution in [2.24, 2.45) is 5.73 Å². The molecular weight excluding hydrogens is 247 g/mol. The minimum absolute atomic E-state index is 0.0377. The van der Waals surface area contributed by atoms with Crippen molar-refractivity contribution in [2.45, 2.75) is 13.3 Å². The van der Waals surface area contributed by atoms with E-state index in [0.717, 1.165) is 0 Å². The molecule has 0 radical (unpaired) electrons.